The molecule has 0 spiro atoms. The molecule has 0 bridgehead atoms. The molecule has 4 aromatic rings. The van der Waals surface area contributed by atoms with Gasteiger partial charge < -0.3 is 19.2 Å². The van der Waals surface area contributed by atoms with E-state index in [1.165, 1.54) is 11.1 Å². The fourth-order valence-corrected chi connectivity index (χ4v) is 3.74. The average molecular weight is 365 g/mol. The SMILES string of the molecule is c1cc2c(c(NCc3nc(-c4ccoc4)no3)c1)CN(c1nccs1)C2. The Labute approximate surface area is 153 Å². The predicted molar refractivity (Wildman–Crippen MR) is 97.8 cm³/mol. The number of nitrogens with one attached hydrogen (secondary N) is 1. The molecule has 1 aliphatic heterocycles. The topological polar surface area (TPSA) is 80.2 Å². The second kappa shape index (κ2) is 6.30. The van der Waals surface area contributed by atoms with E-state index in [1.54, 1.807) is 29.9 Å². The van der Waals surface area contributed by atoms with Crippen LogP contribution in [0.15, 0.2) is 57.3 Å². The fraction of sp³-hybridized carbons (Fsp3) is 0.167. The Morgan fingerprint density at radius 2 is 2.23 bits per heavy atom. The minimum absolute atomic E-state index is 0.471. The number of fused-ring (bicyclic) bond motifs is 1. The zero-order chi connectivity index (χ0) is 17.3. The number of hydrogen-bond donors (Lipinski definition) is 1. The van der Waals surface area contributed by atoms with Crippen LogP contribution in [0.5, 0.6) is 0 Å². The number of benzene rings is 1. The number of nitrogens with zero attached hydrogens (tertiary/aromatic N) is 4. The lowest BCUT2D eigenvalue weighted by atomic mass is 10.1. The van der Waals surface area contributed by atoms with E-state index in [1.807, 2.05) is 11.6 Å². The van der Waals surface area contributed by atoms with E-state index in [0.29, 0.717) is 18.3 Å². The molecule has 5 rings (SSSR count). The van der Waals surface area contributed by atoms with Crippen molar-refractivity contribution >= 4 is 22.2 Å². The lowest BCUT2D eigenvalue weighted by Crippen LogP contribution is -2.14. The Morgan fingerprint density at radius 3 is 3.08 bits per heavy atom. The third kappa shape index (κ3) is 2.74. The molecule has 7 nitrogen and oxygen atoms in total. The van der Waals surface area contributed by atoms with Crippen molar-refractivity contribution in [3.8, 4) is 11.4 Å². The highest BCUT2D eigenvalue weighted by molar-refractivity contribution is 7.13. The van der Waals surface area contributed by atoms with E-state index in [4.69, 9.17) is 8.94 Å². The standard InChI is InChI=1S/C18H15N5O2S/c1-2-12-9-23(18-19-5-7-26-18)10-14(12)15(3-1)20-8-16-21-17(22-25-16)13-4-6-24-11-13/h1-7,11,20H,8-10H2. The Bertz CT molecular complexity index is 1010. The molecule has 0 aliphatic carbocycles. The van der Waals surface area contributed by atoms with Crippen molar-refractivity contribution in [1.82, 2.24) is 15.1 Å². The number of anilines is 2. The summed E-state index contributed by atoms with van der Waals surface area (Å²) in [6, 6.07) is 8.12. The molecule has 26 heavy (non-hydrogen) atoms. The van der Waals surface area contributed by atoms with Gasteiger partial charge in [-0.1, -0.05) is 17.3 Å². The maximum absolute atomic E-state index is 5.33. The highest BCUT2D eigenvalue weighted by Crippen LogP contribution is 2.33. The monoisotopic (exact) mass is 365 g/mol. The minimum atomic E-state index is 0.471. The van der Waals surface area contributed by atoms with Gasteiger partial charge in [-0.05, 0) is 23.3 Å². The fourth-order valence-electron chi connectivity index (χ4n) is 3.10. The van der Waals surface area contributed by atoms with Crippen molar-refractivity contribution < 1.29 is 8.94 Å². The highest BCUT2D eigenvalue weighted by Gasteiger charge is 2.23. The van der Waals surface area contributed by atoms with Crippen LogP contribution in [0.1, 0.15) is 17.0 Å². The van der Waals surface area contributed by atoms with Gasteiger partial charge in [0.25, 0.3) is 0 Å². The molecule has 0 saturated carbocycles. The van der Waals surface area contributed by atoms with Crippen LogP contribution in [-0.4, -0.2) is 15.1 Å². The smallest absolute Gasteiger partial charge is 0.246 e. The maximum Gasteiger partial charge on any atom is 0.246 e. The second-order valence-corrected chi connectivity index (χ2v) is 6.86. The zero-order valence-electron chi connectivity index (χ0n) is 13.8. The van der Waals surface area contributed by atoms with E-state index >= 15 is 0 Å². The van der Waals surface area contributed by atoms with Crippen LogP contribution in [-0.2, 0) is 19.6 Å². The molecule has 0 saturated heterocycles. The summed E-state index contributed by atoms with van der Waals surface area (Å²) in [5.74, 6) is 1.07. The van der Waals surface area contributed by atoms with Crippen molar-refractivity contribution in [2.24, 2.45) is 0 Å². The highest BCUT2D eigenvalue weighted by atomic mass is 32.1. The van der Waals surface area contributed by atoms with Gasteiger partial charge in [0.05, 0.1) is 18.4 Å². The van der Waals surface area contributed by atoms with Gasteiger partial charge in [-0.25, -0.2) is 4.98 Å². The molecule has 4 heterocycles. The van der Waals surface area contributed by atoms with Crippen molar-refractivity contribution in [1.29, 1.82) is 0 Å². The van der Waals surface area contributed by atoms with Gasteiger partial charge in [0.2, 0.25) is 11.7 Å². The molecule has 3 aromatic heterocycles. The van der Waals surface area contributed by atoms with Crippen LogP contribution < -0.4 is 10.2 Å². The summed E-state index contributed by atoms with van der Waals surface area (Å²) in [5, 5.41) is 10.5. The van der Waals surface area contributed by atoms with E-state index in [2.05, 4.69) is 43.5 Å². The van der Waals surface area contributed by atoms with Crippen LogP contribution in [0.25, 0.3) is 11.4 Å². The van der Waals surface area contributed by atoms with Crippen LogP contribution in [0.4, 0.5) is 10.8 Å². The van der Waals surface area contributed by atoms with Gasteiger partial charge in [-0.2, -0.15) is 4.98 Å². The molecule has 1 aliphatic rings. The first-order chi connectivity index (χ1) is 12.9. The lowest BCUT2D eigenvalue weighted by Gasteiger charge is -2.13. The number of aromatic nitrogens is 3. The van der Waals surface area contributed by atoms with E-state index < -0.39 is 0 Å². The van der Waals surface area contributed by atoms with Gasteiger partial charge in [-0.3, -0.25) is 0 Å². The van der Waals surface area contributed by atoms with Crippen molar-refractivity contribution in [3.05, 3.63) is 65.4 Å². The molecule has 130 valence electrons. The number of rotatable bonds is 5. The average Bonchev–Trinajstić information content (AvgIpc) is 3.46. The van der Waals surface area contributed by atoms with Crippen molar-refractivity contribution in [2.45, 2.75) is 19.6 Å². The molecule has 0 unspecified atom stereocenters. The maximum atomic E-state index is 5.33. The van der Waals surface area contributed by atoms with E-state index in [-0.39, 0.29) is 0 Å². The lowest BCUT2D eigenvalue weighted by molar-refractivity contribution is 0.384. The minimum Gasteiger partial charge on any atom is -0.472 e. The van der Waals surface area contributed by atoms with Gasteiger partial charge >= 0.3 is 0 Å². The van der Waals surface area contributed by atoms with Crippen molar-refractivity contribution in [3.63, 3.8) is 0 Å². The summed E-state index contributed by atoms with van der Waals surface area (Å²) in [5.41, 5.74) is 4.50. The summed E-state index contributed by atoms with van der Waals surface area (Å²) in [7, 11) is 0. The Kier molecular flexibility index (Phi) is 3.67. The quantitative estimate of drug-likeness (QED) is 0.574. The summed E-state index contributed by atoms with van der Waals surface area (Å²) >= 11 is 1.66. The predicted octanol–water partition coefficient (Wildman–Crippen LogP) is 3.92. The summed E-state index contributed by atoms with van der Waals surface area (Å²) in [4.78, 5) is 11.1. The molecule has 1 N–H and O–H groups in total. The number of hydrogen-bond acceptors (Lipinski definition) is 8. The number of thiazole rings is 1. The first-order valence-electron chi connectivity index (χ1n) is 8.21. The van der Waals surface area contributed by atoms with Crippen LogP contribution in [0.3, 0.4) is 0 Å². The van der Waals surface area contributed by atoms with Crippen LogP contribution >= 0.6 is 11.3 Å². The molecule has 0 amide bonds. The first-order valence-corrected chi connectivity index (χ1v) is 9.09. The Hall–Kier alpha value is -3.13. The summed E-state index contributed by atoms with van der Waals surface area (Å²) < 4.78 is 10.4. The van der Waals surface area contributed by atoms with Crippen LogP contribution in [0.2, 0.25) is 0 Å². The molecular weight excluding hydrogens is 350 g/mol. The molecule has 0 fully saturated rings. The Morgan fingerprint density at radius 1 is 1.23 bits per heavy atom. The second-order valence-electron chi connectivity index (χ2n) is 5.99. The molecule has 0 radical (unpaired) electrons. The molecule has 0 atom stereocenters. The van der Waals surface area contributed by atoms with Crippen molar-refractivity contribution in [2.75, 3.05) is 10.2 Å². The third-order valence-corrected chi connectivity index (χ3v) is 5.18. The largest absolute Gasteiger partial charge is 0.472 e. The molecular formula is C18H15N5O2S. The van der Waals surface area contributed by atoms with Gasteiger partial charge in [-0.15, -0.1) is 11.3 Å². The first kappa shape index (κ1) is 15.2. The van der Waals surface area contributed by atoms with Gasteiger partial charge in [0.15, 0.2) is 5.13 Å². The van der Waals surface area contributed by atoms with Gasteiger partial charge in [0, 0.05) is 30.4 Å². The van der Waals surface area contributed by atoms with E-state index in [9.17, 15) is 0 Å². The molecule has 8 heteroatoms. The van der Waals surface area contributed by atoms with Gasteiger partial charge in [0.1, 0.15) is 6.26 Å². The Balaban J connectivity index is 1.31. The molecule has 1 aromatic carbocycles. The third-order valence-electron chi connectivity index (χ3n) is 4.35. The normalized spacial score (nSPS) is 13.2. The van der Waals surface area contributed by atoms with E-state index in [0.717, 1.165) is 29.5 Å². The summed E-state index contributed by atoms with van der Waals surface area (Å²) in [6.07, 6.45) is 5.03. The number of furan rings is 1. The van der Waals surface area contributed by atoms with Crippen LogP contribution in [0, 0.1) is 0 Å². The zero-order valence-corrected chi connectivity index (χ0v) is 14.6. The summed E-state index contributed by atoms with van der Waals surface area (Å²) in [6.45, 7) is 2.19.